The third kappa shape index (κ3) is 4.14. The molecule has 8 nitrogen and oxygen atoms in total. The van der Waals surface area contributed by atoms with Crippen LogP contribution < -0.4 is 10.2 Å². The van der Waals surface area contributed by atoms with Crippen molar-refractivity contribution in [1.82, 2.24) is 20.1 Å². The largest absolute Gasteiger partial charge is 0.394 e. The molecule has 0 radical (unpaired) electrons. The number of sulfone groups is 1. The van der Waals surface area contributed by atoms with Crippen LogP contribution in [0.4, 0.5) is 5.82 Å². The van der Waals surface area contributed by atoms with Gasteiger partial charge in [-0.1, -0.05) is 6.08 Å². The molecule has 168 valence electrons. The quantitative estimate of drug-likeness (QED) is 0.678. The van der Waals surface area contributed by atoms with Crippen molar-refractivity contribution in [2.45, 2.75) is 37.0 Å². The van der Waals surface area contributed by atoms with Gasteiger partial charge < -0.3 is 15.0 Å². The monoisotopic (exact) mass is 445 g/mol. The lowest BCUT2D eigenvalue weighted by molar-refractivity contribution is 0.0985. The highest BCUT2D eigenvalue weighted by molar-refractivity contribution is 7.92. The van der Waals surface area contributed by atoms with Crippen molar-refractivity contribution in [2.24, 2.45) is 7.05 Å². The van der Waals surface area contributed by atoms with Crippen molar-refractivity contribution in [3.63, 3.8) is 0 Å². The number of allylic oxidation sites excluding steroid dienone is 1. The fourth-order valence-corrected chi connectivity index (χ4v) is 5.67. The molecule has 4 rings (SSSR count). The van der Waals surface area contributed by atoms with E-state index in [-0.39, 0.29) is 6.04 Å². The van der Waals surface area contributed by atoms with Crippen molar-refractivity contribution in [2.75, 3.05) is 38.0 Å². The predicted molar refractivity (Wildman–Crippen MR) is 124 cm³/mol. The molecule has 2 aromatic heterocycles. The highest BCUT2D eigenvalue weighted by Crippen LogP contribution is 2.54. The van der Waals surface area contributed by atoms with Crippen LogP contribution in [0.1, 0.15) is 31.0 Å². The molecule has 0 spiro atoms. The summed E-state index contributed by atoms with van der Waals surface area (Å²) in [7, 11) is 0.459. The number of morpholine rings is 1. The third-order valence-electron chi connectivity index (χ3n) is 6.01. The number of hydrogen-bond acceptors (Lipinski definition) is 7. The second-order valence-electron chi connectivity index (χ2n) is 8.07. The van der Waals surface area contributed by atoms with Crippen LogP contribution in [0.5, 0.6) is 0 Å². The lowest BCUT2D eigenvalue weighted by Crippen LogP contribution is -2.44. The van der Waals surface area contributed by atoms with E-state index in [9.17, 15) is 8.42 Å². The lowest BCUT2D eigenvalue weighted by atomic mass is 10.1. The van der Waals surface area contributed by atoms with Gasteiger partial charge >= 0.3 is 0 Å². The van der Waals surface area contributed by atoms with E-state index in [0.717, 1.165) is 34.7 Å². The first-order valence-corrected chi connectivity index (χ1v) is 12.2. The summed E-state index contributed by atoms with van der Waals surface area (Å²) in [5.41, 5.74) is 3.29. The predicted octanol–water partition coefficient (Wildman–Crippen LogP) is 1.75. The molecule has 1 atom stereocenters. The van der Waals surface area contributed by atoms with E-state index >= 15 is 0 Å². The Hall–Kier alpha value is -2.57. The Morgan fingerprint density at radius 1 is 1.39 bits per heavy atom. The van der Waals surface area contributed by atoms with Gasteiger partial charge in [0.15, 0.2) is 9.84 Å². The fraction of sp³-hybridized carbons (Fsp3) is 0.545. The number of pyridine rings is 1. The van der Waals surface area contributed by atoms with Crippen molar-refractivity contribution in [3.05, 3.63) is 29.6 Å². The molecule has 0 bridgehead atoms. The Balaban J connectivity index is 0.00000132. The van der Waals surface area contributed by atoms with Gasteiger partial charge in [0, 0.05) is 38.9 Å². The zero-order valence-electron chi connectivity index (χ0n) is 18.6. The average Bonchev–Trinajstić information content (AvgIpc) is 3.51. The Kier molecular flexibility index (Phi) is 6.62. The van der Waals surface area contributed by atoms with Crippen LogP contribution in [0.25, 0.3) is 11.0 Å². The van der Waals surface area contributed by atoms with E-state index in [1.54, 1.807) is 4.68 Å². The zero-order chi connectivity index (χ0) is 22.8. The van der Waals surface area contributed by atoms with E-state index in [0.29, 0.717) is 32.5 Å². The number of aromatic nitrogens is 3. The minimum absolute atomic E-state index is 0.180. The number of nitrogens with zero attached hydrogens (tertiary/aromatic N) is 4. The summed E-state index contributed by atoms with van der Waals surface area (Å²) in [6, 6.07) is 2.16. The number of fused-ring (bicyclic) bond motifs is 1. The molecule has 0 amide bonds. The Morgan fingerprint density at radius 3 is 2.68 bits per heavy atom. The number of aryl methyl sites for hydroxylation is 1. The Labute approximate surface area is 184 Å². The van der Waals surface area contributed by atoms with E-state index in [4.69, 9.17) is 9.72 Å². The van der Waals surface area contributed by atoms with Gasteiger partial charge in [-0.3, -0.25) is 4.68 Å². The highest BCUT2D eigenvalue weighted by Gasteiger charge is 2.55. The Bertz CT molecular complexity index is 1100. The maximum atomic E-state index is 12.7. The van der Waals surface area contributed by atoms with Crippen LogP contribution in [-0.4, -0.2) is 62.3 Å². The second-order valence-corrected chi connectivity index (χ2v) is 10.4. The summed E-state index contributed by atoms with van der Waals surface area (Å²) in [5.74, 6) is 0.810. The molecule has 0 aromatic carbocycles. The molecule has 1 saturated carbocycles. The molecule has 0 unspecified atom stereocenters. The van der Waals surface area contributed by atoms with Gasteiger partial charge in [0.05, 0.1) is 35.2 Å². The smallest absolute Gasteiger partial charge is 0.157 e. The molecule has 2 aliphatic rings. The van der Waals surface area contributed by atoms with Gasteiger partial charge in [-0.25, -0.2) is 13.4 Å². The second kappa shape index (κ2) is 8.89. The Morgan fingerprint density at radius 2 is 2.10 bits per heavy atom. The summed E-state index contributed by atoms with van der Waals surface area (Å²) in [6.07, 6.45) is 15.1. The van der Waals surface area contributed by atoms with Crippen LogP contribution in [0.3, 0.4) is 0 Å². The van der Waals surface area contributed by atoms with Crippen LogP contribution in [0.15, 0.2) is 18.3 Å². The first-order chi connectivity index (χ1) is 14.8. The van der Waals surface area contributed by atoms with E-state index in [2.05, 4.69) is 35.1 Å². The maximum Gasteiger partial charge on any atom is 0.157 e. The number of terminal acetylenes is 1. The highest BCUT2D eigenvalue weighted by atomic mass is 32.2. The van der Waals surface area contributed by atoms with Gasteiger partial charge in [-0.05, 0) is 32.0 Å². The number of nitrogens with one attached hydrogen (secondary N) is 1. The standard InChI is InChI=1S/C20H29N5O3S.C2H2/c1-14-13-28-11-10-25(14)17-12-15(20(7-8-20)29(4,26)27)19-18(22-17)16(23-24(19)3)6-5-9-21-2;1-2/h5,9,12,14,21H,6-8,10-11,13H2,1-4H3;1-2H/b9-5-;/t14-;/m1./s1. The van der Waals surface area contributed by atoms with Crippen LogP contribution >= 0.6 is 0 Å². The van der Waals surface area contributed by atoms with Crippen LogP contribution in [-0.2, 0) is 32.8 Å². The normalized spacial score (nSPS) is 20.5. The summed E-state index contributed by atoms with van der Waals surface area (Å²) >= 11 is 0. The zero-order valence-corrected chi connectivity index (χ0v) is 19.4. The first kappa shape index (κ1) is 23.1. The third-order valence-corrected chi connectivity index (χ3v) is 8.06. The minimum Gasteiger partial charge on any atom is -0.394 e. The SMILES string of the molecule is C#C.CN/C=C\Cc1nn(C)c2c(C3(S(C)(=O)=O)CC3)cc(N3CCOC[C@H]3C)nc12. The van der Waals surface area contributed by atoms with Gasteiger partial charge in [-0.2, -0.15) is 5.10 Å². The number of anilines is 1. The summed E-state index contributed by atoms with van der Waals surface area (Å²) in [5, 5.41) is 7.68. The molecule has 1 N–H and O–H groups in total. The molecule has 1 aliphatic heterocycles. The van der Waals surface area contributed by atoms with Crippen LogP contribution in [0, 0.1) is 12.8 Å². The minimum atomic E-state index is -3.26. The van der Waals surface area contributed by atoms with Gasteiger partial charge in [0.25, 0.3) is 0 Å². The number of hydrogen-bond donors (Lipinski definition) is 1. The van der Waals surface area contributed by atoms with Crippen LogP contribution in [0.2, 0.25) is 0 Å². The first-order valence-electron chi connectivity index (χ1n) is 10.3. The molecule has 1 saturated heterocycles. The van der Waals surface area contributed by atoms with Gasteiger partial charge in [-0.15, -0.1) is 12.8 Å². The lowest BCUT2D eigenvalue weighted by Gasteiger charge is -2.35. The average molecular weight is 446 g/mol. The van der Waals surface area contributed by atoms with E-state index in [1.165, 1.54) is 6.26 Å². The molecule has 2 aromatic rings. The molecule has 2 fully saturated rings. The van der Waals surface area contributed by atoms with Crippen molar-refractivity contribution >= 4 is 26.7 Å². The fourth-order valence-electron chi connectivity index (χ4n) is 4.27. The molecular weight excluding hydrogens is 414 g/mol. The van der Waals surface area contributed by atoms with E-state index < -0.39 is 14.6 Å². The number of rotatable bonds is 6. The molecule has 31 heavy (non-hydrogen) atoms. The van der Waals surface area contributed by atoms with Gasteiger partial charge in [0.2, 0.25) is 0 Å². The van der Waals surface area contributed by atoms with Crippen molar-refractivity contribution < 1.29 is 13.2 Å². The van der Waals surface area contributed by atoms with E-state index in [1.807, 2.05) is 32.4 Å². The molecular formula is C22H31N5O3S. The topological polar surface area (TPSA) is 89.4 Å². The maximum absolute atomic E-state index is 12.7. The summed E-state index contributed by atoms with van der Waals surface area (Å²) in [4.78, 5) is 7.18. The number of ether oxygens (including phenoxy) is 1. The van der Waals surface area contributed by atoms with Crippen molar-refractivity contribution in [3.8, 4) is 12.8 Å². The summed E-state index contributed by atoms with van der Waals surface area (Å²) in [6.45, 7) is 4.12. The molecule has 3 heterocycles. The van der Waals surface area contributed by atoms with Gasteiger partial charge in [0.1, 0.15) is 11.3 Å². The molecule has 1 aliphatic carbocycles. The molecule has 9 heteroatoms. The van der Waals surface area contributed by atoms with Crippen molar-refractivity contribution in [1.29, 1.82) is 0 Å². The summed E-state index contributed by atoms with van der Waals surface area (Å²) < 4.78 is 32.0.